The van der Waals surface area contributed by atoms with E-state index in [0.717, 1.165) is 23.2 Å². The molecular formula is C19H24N2O3S. The lowest BCUT2D eigenvalue weighted by Gasteiger charge is -2.10. The molecule has 0 fully saturated rings. The standard InChI is InChI=1S/C19H24N2O3S/c1-4-16-6-5-7-17(13-16)21-19(22)10-11-20-25(23,24)18-12-14(2)8-9-15(18)3/h5-9,12-13,20H,4,10-11H2,1-3H3,(H,21,22). The highest BCUT2D eigenvalue weighted by molar-refractivity contribution is 7.89. The Morgan fingerprint density at radius 1 is 1.08 bits per heavy atom. The predicted octanol–water partition coefficient (Wildman–Crippen LogP) is 3.17. The molecule has 0 atom stereocenters. The number of carbonyl (C=O) groups is 1. The molecule has 0 heterocycles. The molecule has 0 bridgehead atoms. The molecule has 0 aliphatic heterocycles. The summed E-state index contributed by atoms with van der Waals surface area (Å²) in [5.74, 6) is -0.225. The van der Waals surface area contributed by atoms with Crippen LogP contribution in [0.4, 0.5) is 5.69 Å². The highest BCUT2D eigenvalue weighted by atomic mass is 32.2. The first-order chi connectivity index (χ1) is 11.8. The molecule has 0 saturated heterocycles. The van der Waals surface area contributed by atoms with Crippen LogP contribution in [0.3, 0.4) is 0 Å². The largest absolute Gasteiger partial charge is 0.326 e. The van der Waals surface area contributed by atoms with E-state index in [1.165, 1.54) is 0 Å². The number of rotatable bonds is 7. The molecular weight excluding hydrogens is 336 g/mol. The Hall–Kier alpha value is -2.18. The Balaban J connectivity index is 1.92. The third-order valence-corrected chi connectivity index (χ3v) is 5.50. The number of hydrogen-bond acceptors (Lipinski definition) is 3. The van der Waals surface area contributed by atoms with E-state index in [4.69, 9.17) is 0 Å². The van der Waals surface area contributed by atoms with E-state index in [-0.39, 0.29) is 23.8 Å². The second kappa shape index (κ2) is 8.27. The predicted molar refractivity (Wildman–Crippen MR) is 100 cm³/mol. The van der Waals surface area contributed by atoms with Gasteiger partial charge in [-0.05, 0) is 55.2 Å². The van der Waals surface area contributed by atoms with Crippen molar-refractivity contribution >= 4 is 21.6 Å². The van der Waals surface area contributed by atoms with Gasteiger partial charge in [0.05, 0.1) is 4.90 Å². The van der Waals surface area contributed by atoms with Gasteiger partial charge < -0.3 is 5.32 Å². The van der Waals surface area contributed by atoms with Gasteiger partial charge in [0, 0.05) is 18.7 Å². The highest BCUT2D eigenvalue weighted by Gasteiger charge is 2.17. The minimum Gasteiger partial charge on any atom is -0.326 e. The zero-order chi connectivity index (χ0) is 18.4. The Kier molecular flexibility index (Phi) is 6.33. The molecule has 6 heteroatoms. The summed E-state index contributed by atoms with van der Waals surface area (Å²) < 4.78 is 27.3. The van der Waals surface area contributed by atoms with E-state index in [0.29, 0.717) is 5.56 Å². The minimum atomic E-state index is -3.62. The summed E-state index contributed by atoms with van der Waals surface area (Å²) in [7, 11) is -3.62. The van der Waals surface area contributed by atoms with Gasteiger partial charge in [-0.15, -0.1) is 0 Å². The molecule has 0 aromatic heterocycles. The molecule has 0 aliphatic carbocycles. The molecule has 1 amide bonds. The molecule has 5 nitrogen and oxygen atoms in total. The molecule has 0 unspecified atom stereocenters. The van der Waals surface area contributed by atoms with Crippen LogP contribution in [0.5, 0.6) is 0 Å². The SMILES string of the molecule is CCc1cccc(NC(=O)CCNS(=O)(=O)c2cc(C)ccc2C)c1. The number of aryl methyl sites for hydroxylation is 3. The Morgan fingerprint density at radius 3 is 2.56 bits per heavy atom. The number of sulfonamides is 1. The Morgan fingerprint density at radius 2 is 1.84 bits per heavy atom. The highest BCUT2D eigenvalue weighted by Crippen LogP contribution is 2.16. The first-order valence-corrected chi connectivity index (χ1v) is 9.76. The van der Waals surface area contributed by atoms with Gasteiger partial charge in [-0.2, -0.15) is 0 Å². The van der Waals surface area contributed by atoms with Gasteiger partial charge in [0.25, 0.3) is 0 Å². The average Bonchev–Trinajstić information content (AvgIpc) is 2.57. The van der Waals surface area contributed by atoms with Crippen LogP contribution >= 0.6 is 0 Å². The van der Waals surface area contributed by atoms with Crippen molar-refractivity contribution < 1.29 is 13.2 Å². The maximum absolute atomic E-state index is 12.4. The number of benzene rings is 2. The Labute approximate surface area is 149 Å². The van der Waals surface area contributed by atoms with Crippen molar-refractivity contribution in [3.8, 4) is 0 Å². The van der Waals surface area contributed by atoms with Crippen molar-refractivity contribution in [1.82, 2.24) is 4.72 Å². The lowest BCUT2D eigenvalue weighted by Crippen LogP contribution is -2.28. The Bertz CT molecular complexity index is 861. The molecule has 0 saturated carbocycles. The summed E-state index contributed by atoms with van der Waals surface area (Å²) in [6.07, 6.45) is 0.958. The number of hydrogen-bond donors (Lipinski definition) is 2. The van der Waals surface area contributed by atoms with Crippen LogP contribution in [0.25, 0.3) is 0 Å². The van der Waals surface area contributed by atoms with Crippen molar-refractivity contribution in [1.29, 1.82) is 0 Å². The molecule has 2 rings (SSSR count). The first-order valence-electron chi connectivity index (χ1n) is 8.27. The molecule has 2 aromatic carbocycles. The van der Waals surface area contributed by atoms with Crippen molar-refractivity contribution in [2.24, 2.45) is 0 Å². The molecule has 0 aliphatic rings. The summed E-state index contributed by atoms with van der Waals surface area (Å²) in [4.78, 5) is 12.3. The number of amides is 1. The van der Waals surface area contributed by atoms with Gasteiger partial charge in [0.1, 0.15) is 0 Å². The topological polar surface area (TPSA) is 75.3 Å². The van der Waals surface area contributed by atoms with Crippen LogP contribution in [0.1, 0.15) is 30.0 Å². The third kappa shape index (κ3) is 5.41. The molecule has 25 heavy (non-hydrogen) atoms. The second-order valence-electron chi connectivity index (χ2n) is 6.02. The quantitative estimate of drug-likeness (QED) is 0.796. The zero-order valence-electron chi connectivity index (χ0n) is 14.8. The van der Waals surface area contributed by atoms with Crippen LogP contribution in [-0.4, -0.2) is 20.9 Å². The molecule has 2 aromatic rings. The van der Waals surface area contributed by atoms with E-state index in [2.05, 4.69) is 10.0 Å². The number of anilines is 1. The normalized spacial score (nSPS) is 11.3. The fraction of sp³-hybridized carbons (Fsp3) is 0.316. The second-order valence-corrected chi connectivity index (χ2v) is 7.75. The van der Waals surface area contributed by atoms with E-state index >= 15 is 0 Å². The minimum absolute atomic E-state index is 0.0506. The van der Waals surface area contributed by atoms with E-state index in [1.54, 1.807) is 19.1 Å². The third-order valence-electron chi connectivity index (χ3n) is 3.90. The molecule has 0 spiro atoms. The van der Waals surface area contributed by atoms with Gasteiger partial charge in [0.2, 0.25) is 15.9 Å². The number of carbonyl (C=O) groups excluding carboxylic acids is 1. The van der Waals surface area contributed by atoms with Gasteiger partial charge >= 0.3 is 0 Å². The zero-order valence-corrected chi connectivity index (χ0v) is 15.6. The van der Waals surface area contributed by atoms with Crippen LogP contribution in [0.15, 0.2) is 47.4 Å². The lowest BCUT2D eigenvalue weighted by molar-refractivity contribution is -0.116. The van der Waals surface area contributed by atoms with Gasteiger partial charge in [0.15, 0.2) is 0 Å². The lowest BCUT2D eigenvalue weighted by atomic mass is 10.1. The maximum Gasteiger partial charge on any atom is 0.240 e. The summed E-state index contributed by atoms with van der Waals surface area (Å²) >= 11 is 0. The van der Waals surface area contributed by atoms with Crippen molar-refractivity contribution in [2.45, 2.75) is 38.5 Å². The van der Waals surface area contributed by atoms with Crippen molar-refractivity contribution in [2.75, 3.05) is 11.9 Å². The van der Waals surface area contributed by atoms with Crippen molar-refractivity contribution in [3.63, 3.8) is 0 Å². The van der Waals surface area contributed by atoms with Crippen LogP contribution < -0.4 is 10.0 Å². The fourth-order valence-corrected chi connectivity index (χ4v) is 3.83. The van der Waals surface area contributed by atoms with Crippen LogP contribution in [0.2, 0.25) is 0 Å². The van der Waals surface area contributed by atoms with Crippen LogP contribution in [0, 0.1) is 13.8 Å². The maximum atomic E-state index is 12.4. The van der Waals surface area contributed by atoms with Gasteiger partial charge in [-0.3, -0.25) is 4.79 Å². The monoisotopic (exact) mass is 360 g/mol. The number of nitrogens with one attached hydrogen (secondary N) is 2. The fourth-order valence-electron chi connectivity index (χ4n) is 2.47. The molecule has 2 N–H and O–H groups in total. The molecule has 0 radical (unpaired) electrons. The summed E-state index contributed by atoms with van der Waals surface area (Å²) in [5, 5.41) is 2.79. The summed E-state index contributed by atoms with van der Waals surface area (Å²) in [6, 6.07) is 12.9. The van der Waals surface area contributed by atoms with Crippen LogP contribution in [-0.2, 0) is 21.2 Å². The van der Waals surface area contributed by atoms with E-state index in [9.17, 15) is 13.2 Å². The van der Waals surface area contributed by atoms with E-state index < -0.39 is 10.0 Å². The summed E-state index contributed by atoms with van der Waals surface area (Å²) in [6.45, 7) is 5.69. The molecule has 134 valence electrons. The van der Waals surface area contributed by atoms with E-state index in [1.807, 2.05) is 44.2 Å². The average molecular weight is 360 g/mol. The first kappa shape index (κ1) is 19.1. The smallest absolute Gasteiger partial charge is 0.240 e. The van der Waals surface area contributed by atoms with Crippen molar-refractivity contribution in [3.05, 3.63) is 59.2 Å². The van der Waals surface area contributed by atoms with Gasteiger partial charge in [-0.25, -0.2) is 13.1 Å². The summed E-state index contributed by atoms with van der Waals surface area (Å²) in [5.41, 5.74) is 3.41. The van der Waals surface area contributed by atoms with Gasteiger partial charge in [-0.1, -0.05) is 31.2 Å².